The van der Waals surface area contributed by atoms with Crippen molar-refractivity contribution in [3.8, 4) is 0 Å². The number of halogens is 1. The number of ether oxygens (including phenoxy) is 1. The monoisotopic (exact) mass is 386 g/mol. The maximum atomic E-state index is 13.3. The lowest BCUT2D eigenvalue weighted by Crippen LogP contribution is -2.55. The minimum absolute atomic E-state index is 0.0654. The fraction of sp³-hybridized carbons (Fsp3) is 0.524. The summed E-state index contributed by atoms with van der Waals surface area (Å²) >= 11 is 0. The minimum atomic E-state index is -0.332. The Morgan fingerprint density at radius 3 is 2.71 bits per heavy atom. The summed E-state index contributed by atoms with van der Waals surface area (Å²) in [6, 6.07) is 6.13. The van der Waals surface area contributed by atoms with Gasteiger partial charge in [-0.15, -0.1) is 0 Å². The van der Waals surface area contributed by atoms with Crippen LogP contribution in [0.3, 0.4) is 0 Å². The quantitative estimate of drug-likeness (QED) is 0.814. The lowest BCUT2D eigenvalue weighted by molar-refractivity contribution is -0.140. The van der Waals surface area contributed by atoms with Crippen molar-refractivity contribution in [1.29, 1.82) is 0 Å². The third-order valence-corrected chi connectivity index (χ3v) is 5.89. The zero-order valence-corrected chi connectivity index (χ0v) is 16.5. The van der Waals surface area contributed by atoms with Crippen LogP contribution in [0.15, 0.2) is 30.5 Å². The van der Waals surface area contributed by atoms with Crippen LogP contribution in [0.5, 0.6) is 0 Å². The summed E-state index contributed by atoms with van der Waals surface area (Å²) in [5, 5.41) is 4.44. The Balaban J connectivity index is 1.45. The number of rotatable bonds is 3. The summed E-state index contributed by atoms with van der Waals surface area (Å²) in [5.41, 5.74) is 2.73. The van der Waals surface area contributed by atoms with Gasteiger partial charge in [0.05, 0.1) is 17.8 Å². The number of amides is 1. The highest BCUT2D eigenvalue weighted by molar-refractivity contribution is 5.95. The van der Waals surface area contributed by atoms with Crippen LogP contribution >= 0.6 is 0 Å². The molecule has 0 radical (unpaired) electrons. The van der Waals surface area contributed by atoms with Crippen LogP contribution < -0.4 is 4.90 Å². The average molecular weight is 386 g/mol. The summed E-state index contributed by atoms with van der Waals surface area (Å²) < 4.78 is 21.2. The van der Waals surface area contributed by atoms with Crippen LogP contribution in [-0.2, 0) is 23.1 Å². The first-order valence-corrected chi connectivity index (χ1v) is 9.85. The van der Waals surface area contributed by atoms with E-state index in [1.54, 1.807) is 17.0 Å². The van der Waals surface area contributed by atoms with Crippen LogP contribution in [0.2, 0.25) is 0 Å². The van der Waals surface area contributed by atoms with Crippen LogP contribution in [0, 0.1) is 12.7 Å². The highest BCUT2D eigenvalue weighted by atomic mass is 19.1. The predicted octanol–water partition coefficient (Wildman–Crippen LogP) is 2.66. The summed E-state index contributed by atoms with van der Waals surface area (Å²) in [7, 11) is 1.95. The Morgan fingerprint density at radius 2 is 2.00 bits per heavy atom. The number of benzene rings is 1. The molecule has 1 aromatic carbocycles. The van der Waals surface area contributed by atoms with Gasteiger partial charge in [0.1, 0.15) is 12.4 Å². The molecule has 2 aromatic rings. The van der Waals surface area contributed by atoms with Gasteiger partial charge in [-0.05, 0) is 57.0 Å². The third-order valence-electron chi connectivity index (χ3n) is 5.89. The molecule has 2 aliphatic heterocycles. The van der Waals surface area contributed by atoms with E-state index < -0.39 is 0 Å². The van der Waals surface area contributed by atoms with E-state index in [-0.39, 0.29) is 23.9 Å². The molecule has 1 atom stereocenters. The number of morpholine rings is 1. The Morgan fingerprint density at radius 1 is 1.21 bits per heavy atom. The van der Waals surface area contributed by atoms with Gasteiger partial charge in [0.15, 0.2) is 0 Å². The van der Waals surface area contributed by atoms with E-state index in [9.17, 15) is 9.18 Å². The topological polar surface area (TPSA) is 50.6 Å². The van der Waals surface area contributed by atoms with Gasteiger partial charge in [0.2, 0.25) is 0 Å². The van der Waals surface area contributed by atoms with Crippen molar-refractivity contribution in [3.63, 3.8) is 0 Å². The van der Waals surface area contributed by atoms with Crippen molar-refractivity contribution >= 4 is 11.6 Å². The summed E-state index contributed by atoms with van der Waals surface area (Å²) in [4.78, 5) is 16.6. The first-order chi connectivity index (χ1) is 13.4. The summed E-state index contributed by atoms with van der Waals surface area (Å²) in [6.07, 6.45) is 4.89. The van der Waals surface area contributed by atoms with Crippen molar-refractivity contribution < 1.29 is 13.9 Å². The SMILES string of the molecule is Cc1nn(C)cc1CN1CCCC2(CC1)CN(c1ccc(F)cc1)C(=O)CO2. The third kappa shape index (κ3) is 3.95. The Hall–Kier alpha value is -2.25. The van der Waals surface area contributed by atoms with E-state index in [2.05, 4.69) is 16.2 Å². The van der Waals surface area contributed by atoms with E-state index in [0.717, 1.165) is 50.3 Å². The molecule has 2 fully saturated rings. The van der Waals surface area contributed by atoms with Crippen molar-refractivity contribution in [1.82, 2.24) is 14.7 Å². The average Bonchev–Trinajstić information content (AvgIpc) is 2.87. The molecule has 6 nitrogen and oxygen atoms in total. The Kier molecular flexibility index (Phi) is 5.21. The second-order valence-corrected chi connectivity index (χ2v) is 7.97. The van der Waals surface area contributed by atoms with Gasteiger partial charge >= 0.3 is 0 Å². The highest BCUT2D eigenvalue weighted by Crippen LogP contribution is 2.33. The number of hydrogen-bond acceptors (Lipinski definition) is 4. The van der Waals surface area contributed by atoms with Crippen molar-refractivity contribution in [2.24, 2.45) is 7.05 Å². The first kappa shape index (κ1) is 19.1. The fourth-order valence-electron chi connectivity index (χ4n) is 4.30. The summed E-state index contributed by atoms with van der Waals surface area (Å²) in [6.45, 7) is 5.46. The molecular formula is C21H27FN4O2. The molecule has 1 unspecified atom stereocenters. The molecule has 2 aliphatic rings. The summed E-state index contributed by atoms with van der Waals surface area (Å²) in [5.74, 6) is -0.362. The first-order valence-electron chi connectivity index (χ1n) is 9.85. The molecule has 3 heterocycles. The van der Waals surface area contributed by atoms with Gasteiger partial charge in [0.25, 0.3) is 5.91 Å². The number of aryl methyl sites for hydroxylation is 2. The number of carbonyl (C=O) groups excluding carboxylic acids is 1. The van der Waals surface area contributed by atoms with Crippen LogP contribution in [0.4, 0.5) is 10.1 Å². The van der Waals surface area contributed by atoms with Crippen LogP contribution in [0.25, 0.3) is 0 Å². The Labute approximate surface area is 164 Å². The molecule has 1 aromatic heterocycles. The maximum absolute atomic E-state index is 13.3. The lowest BCUT2D eigenvalue weighted by atomic mass is 9.92. The molecule has 28 heavy (non-hydrogen) atoms. The highest BCUT2D eigenvalue weighted by Gasteiger charge is 2.41. The Bertz CT molecular complexity index is 851. The molecular weight excluding hydrogens is 359 g/mol. The standard InChI is InChI=1S/C21H27FN4O2/c1-16-17(12-24(2)23-16)13-25-10-3-8-21(9-11-25)15-26(20(27)14-28-21)19-6-4-18(22)5-7-19/h4-7,12H,3,8-11,13-15H2,1-2H3. The smallest absolute Gasteiger partial charge is 0.253 e. The largest absolute Gasteiger partial charge is 0.363 e. The maximum Gasteiger partial charge on any atom is 0.253 e. The van der Waals surface area contributed by atoms with Gasteiger partial charge in [-0.3, -0.25) is 14.4 Å². The van der Waals surface area contributed by atoms with Gasteiger partial charge in [-0.25, -0.2) is 4.39 Å². The number of aromatic nitrogens is 2. The lowest BCUT2D eigenvalue weighted by Gasteiger charge is -2.42. The van der Waals surface area contributed by atoms with Crippen molar-refractivity contribution in [2.75, 3.05) is 31.1 Å². The second-order valence-electron chi connectivity index (χ2n) is 7.97. The number of hydrogen-bond donors (Lipinski definition) is 0. The minimum Gasteiger partial charge on any atom is -0.363 e. The molecule has 150 valence electrons. The van der Waals surface area contributed by atoms with Crippen LogP contribution in [0.1, 0.15) is 30.5 Å². The van der Waals surface area contributed by atoms with E-state index in [0.29, 0.717) is 6.54 Å². The van der Waals surface area contributed by atoms with Crippen LogP contribution in [-0.4, -0.2) is 52.4 Å². The molecule has 7 heteroatoms. The molecule has 2 saturated heterocycles. The van der Waals surface area contributed by atoms with Gasteiger partial charge in [0, 0.05) is 37.6 Å². The second kappa shape index (κ2) is 7.64. The van der Waals surface area contributed by atoms with Gasteiger partial charge in [-0.1, -0.05) is 0 Å². The van der Waals surface area contributed by atoms with E-state index in [4.69, 9.17) is 4.74 Å². The van der Waals surface area contributed by atoms with Gasteiger partial charge < -0.3 is 9.64 Å². The van der Waals surface area contributed by atoms with Gasteiger partial charge in [-0.2, -0.15) is 5.10 Å². The van der Waals surface area contributed by atoms with E-state index >= 15 is 0 Å². The molecule has 0 N–H and O–H groups in total. The number of nitrogens with zero attached hydrogens (tertiary/aromatic N) is 4. The fourth-order valence-corrected chi connectivity index (χ4v) is 4.30. The molecule has 0 saturated carbocycles. The van der Waals surface area contributed by atoms with E-state index in [1.807, 2.05) is 18.7 Å². The molecule has 4 rings (SSSR count). The molecule has 0 aliphatic carbocycles. The van der Waals surface area contributed by atoms with Crippen molar-refractivity contribution in [2.45, 2.75) is 38.3 Å². The van der Waals surface area contributed by atoms with Crippen molar-refractivity contribution in [3.05, 3.63) is 47.5 Å². The molecule has 1 amide bonds. The normalized spacial score (nSPS) is 24.0. The zero-order valence-electron chi connectivity index (χ0n) is 16.5. The molecule has 1 spiro atoms. The number of carbonyl (C=O) groups is 1. The zero-order chi connectivity index (χ0) is 19.7. The van der Waals surface area contributed by atoms with E-state index in [1.165, 1.54) is 17.7 Å². The number of anilines is 1. The molecule has 0 bridgehead atoms. The predicted molar refractivity (Wildman–Crippen MR) is 105 cm³/mol. The number of likely N-dealkylation sites (tertiary alicyclic amines) is 1.